The van der Waals surface area contributed by atoms with E-state index in [-0.39, 0.29) is 5.92 Å². The van der Waals surface area contributed by atoms with E-state index in [9.17, 15) is 4.79 Å². The van der Waals surface area contributed by atoms with E-state index >= 15 is 0 Å². The average molecular weight is 399 g/mol. The molecule has 0 radical (unpaired) electrons. The molecule has 0 aliphatic carbocycles. The number of para-hydroxylation sites is 2. The van der Waals surface area contributed by atoms with Gasteiger partial charge in [0.25, 0.3) is 0 Å². The van der Waals surface area contributed by atoms with E-state index < -0.39 is 0 Å². The summed E-state index contributed by atoms with van der Waals surface area (Å²) in [5.74, 6) is 2.21. The van der Waals surface area contributed by atoms with Crippen molar-refractivity contribution in [2.75, 3.05) is 39.4 Å². The number of nitrogens with zero attached hydrogens (tertiary/aromatic N) is 4. The molecule has 2 aliphatic rings. The molecule has 1 aromatic carbocycles. The first kappa shape index (κ1) is 20.4. The molecule has 2 saturated heterocycles. The van der Waals surface area contributed by atoms with Gasteiger partial charge in [0.15, 0.2) is 0 Å². The van der Waals surface area contributed by atoms with Crippen molar-refractivity contribution >= 4 is 16.9 Å². The summed E-state index contributed by atoms with van der Waals surface area (Å²) < 4.78 is 7.81. The highest BCUT2D eigenvalue weighted by atomic mass is 16.5. The Bertz CT molecular complexity index is 825. The second kappa shape index (κ2) is 9.26. The Hall–Kier alpha value is -1.92. The minimum absolute atomic E-state index is 0.158. The summed E-state index contributed by atoms with van der Waals surface area (Å²) in [5, 5.41) is 0. The average Bonchev–Trinajstić information content (AvgIpc) is 2.90. The molecular weight excluding hydrogens is 364 g/mol. The zero-order chi connectivity index (χ0) is 20.2. The fourth-order valence-electron chi connectivity index (χ4n) is 4.57. The molecule has 0 bridgehead atoms. The van der Waals surface area contributed by atoms with Crippen LogP contribution in [0.25, 0.3) is 11.0 Å². The van der Waals surface area contributed by atoms with Crippen LogP contribution < -0.4 is 0 Å². The van der Waals surface area contributed by atoms with Gasteiger partial charge in [-0.25, -0.2) is 4.98 Å². The van der Waals surface area contributed by atoms with Crippen LogP contribution in [0, 0.1) is 11.8 Å². The van der Waals surface area contributed by atoms with Crippen LogP contribution in [0.2, 0.25) is 0 Å². The van der Waals surface area contributed by atoms with Crippen molar-refractivity contribution in [2.24, 2.45) is 11.8 Å². The molecule has 2 aromatic rings. The SMILES string of the molecule is CC(C)Cn1c(CN2CCCN(C(=O)C3CCOCC3)CC2)nc2ccccc21. The lowest BCUT2D eigenvalue weighted by atomic mass is 9.98. The highest BCUT2D eigenvalue weighted by Crippen LogP contribution is 2.21. The molecule has 0 N–H and O–H groups in total. The van der Waals surface area contributed by atoms with Crippen LogP contribution >= 0.6 is 0 Å². The first-order valence-corrected chi connectivity index (χ1v) is 11.1. The van der Waals surface area contributed by atoms with Crippen molar-refractivity contribution in [3.63, 3.8) is 0 Å². The summed E-state index contributed by atoms with van der Waals surface area (Å²) in [6.07, 6.45) is 2.77. The topological polar surface area (TPSA) is 50.6 Å². The van der Waals surface area contributed by atoms with Crippen LogP contribution in [0.1, 0.15) is 38.9 Å². The molecule has 158 valence electrons. The number of hydrogen-bond acceptors (Lipinski definition) is 4. The second-order valence-electron chi connectivity index (χ2n) is 8.86. The lowest BCUT2D eigenvalue weighted by Gasteiger charge is -2.28. The largest absolute Gasteiger partial charge is 0.381 e. The number of carbonyl (C=O) groups excluding carboxylic acids is 1. The highest BCUT2D eigenvalue weighted by Gasteiger charge is 2.28. The van der Waals surface area contributed by atoms with Crippen LogP contribution in [0.3, 0.4) is 0 Å². The van der Waals surface area contributed by atoms with Crippen molar-refractivity contribution in [1.82, 2.24) is 19.4 Å². The second-order valence-corrected chi connectivity index (χ2v) is 8.86. The Morgan fingerprint density at radius 1 is 1.14 bits per heavy atom. The summed E-state index contributed by atoms with van der Waals surface area (Å²) >= 11 is 0. The molecule has 6 heteroatoms. The van der Waals surface area contributed by atoms with Crippen LogP contribution in [0.4, 0.5) is 0 Å². The third kappa shape index (κ3) is 4.81. The third-order valence-corrected chi connectivity index (χ3v) is 6.12. The monoisotopic (exact) mass is 398 g/mol. The number of amides is 1. The summed E-state index contributed by atoms with van der Waals surface area (Å²) in [7, 11) is 0. The van der Waals surface area contributed by atoms with E-state index in [0.29, 0.717) is 11.8 Å². The highest BCUT2D eigenvalue weighted by molar-refractivity contribution is 5.79. The molecule has 6 nitrogen and oxygen atoms in total. The molecule has 1 aromatic heterocycles. The summed E-state index contributed by atoms with van der Waals surface area (Å²) in [5.41, 5.74) is 2.30. The third-order valence-electron chi connectivity index (χ3n) is 6.12. The summed E-state index contributed by atoms with van der Waals surface area (Å²) in [6.45, 7) is 11.4. The first-order valence-electron chi connectivity index (χ1n) is 11.1. The molecule has 29 heavy (non-hydrogen) atoms. The molecular formula is C23H34N4O2. The van der Waals surface area contributed by atoms with Gasteiger partial charge in [-0.1, -0.05) is 26.0 Å². The lowest BCUT2D eigenvalue weighted by molar-refractivity contribution is -0.138. The van der Waals surface area contributed by atoms with Gasteiger partial charge < -0.3 is 14.2 Å². The van der Waals surface area contributed by atoms with Crippen molar-refractivity contribution in [2.45, 2.75) is 46.2 Å². The Morgan fingerprint density at radius 2 is 1.93 bits per heavy atom. The maximum absolute atomic E-state index is 12.9. The zero-order valence-corrected chi connectivity index (χ0v) is 17.8. The summed E-state index contributed by atoms with van der Waals surface area (Å²) in [4.78, 5) is 22.4. The van der Waals surface area contributed by atoms with Crippen molar-refractivity contribution in [3.05, 3.63) is 30.1 Å². The number of aromatic nitrogens is 2. The van der Waals surface area contributed by atoms with Gasteiger partial charge in [-0.05, 0) is 37.3 Å². The van der Waals surface area contributed by atoms with Crippen LogP contribution in [-0.4, -0.2) is 64.7 Å². The van der Waals surface area contributed by atoms with Gasteiger partial charge >= 0.3 is 0 Å². The Labute approximate surface area is 173 Å². The minimum atomic E-state index is 0.158. The van der Waals surface area contributed by atoms with Crippen molar-refractivity contribution in [1.29, 1.82) is 0 Å². The van der Waals surface area contributed by atoms with Gasteiger partial charge in [0.05, 0.1) is 17.6 Å². The predicted molar refractivity (Wildman–Crippen MR) is 115 cm³/mol. The Kier molecular flexibility index (Phi) is 6.50. The fourth-order valence-corrected chi connectivity index (χ4v) is 4.57. The molecule has 3 heterocycles. The fraction of sp³-hybridized carbons (Fsp3) is 0.652. The maximum atomic E-state index is 12.9. The molecule has 0 saturated carbocycles. The normalized spacial score (nSPS) is 19.8. The van der Waals surface area contributed by atoms with Crippen molar-refractivity contribution < 1.29 is 9.53 Å². The van der Waals surface area contributed by atoms with Crippen LogP contribution in [-0.2, 0) is 22.6 Å². The molecule has 0 spiro atoms. The number of benzene rings is 1. The standard InChI is InChI=1S/C23H34N4O2/c1-18(2)16-27-21-7-4-3-6-20(21)24-22(27)17-25-10-5-11-26(13-12-25)23(28)19-8-14-29-15-9-19/h3-4,6-7,18-19H,5,8-17H2,1-2H3. The first-order chi connectivity index (χ1) is 14.1. The number of rotatable bonds is 5. The molecule has 4 rings (SSSR count). The number of imidazole rings is 1. The molecule has 1 amide bonds. The van der Waals surface area contributed by atoms with Gasteiger partial charge in [0.1, 0.15) is 5.82 Å². The van der Waals surface area contributed by atoms with E-state index in [1.54, 1.807) is 0 Å². The van der Waals surface area contributed by atoms with Gasteiger partial charge in [0, 0.05) is 51.9 Å². The molecule has 0 unspecified atom stereocenters. The Balaban J connectivity index is 1.43. The molecule has 2 aliphatic heterocycles. The zero-order valence-electron chi connectivity index (χ0n) is 17.8. The number of ether oxygens (including phenoxy) is 1. The minimum Gasteiger partial charge on any atom is -0.381 e. The van der Waals surface area contributed by atoms with Gasteiger partial charge in [-0.15, -0.1) is 0 Å². The van der Waals surface area contributed by atoms with Crippen LogP contribution in [0.5, 0.6) is 0 Å². The van der Waals surface area contributed by atoms with E-state index in [4.69, 9.17) is 9.72 Å². The van der Waals surface area contributed by atoms with E-state index in [1.165, 1.54) is 5.52 Å². The smallest absolute Gasteiger partial charge is 0.225 e. The van der Waals surface area contributed by atoms with E-state index in [0.717, 1.165) is 83.1 Å². The van der Waals surface area contributed by atoms with E-state index in [1.807, 2.05) is 0 Å². The Morgan fingerprint density at radius 3 is 2.72 bits per heavy atom. The van der Waals surface area contributed by atoms with Gasteiger partial charge in [0.2, 0.25) is 5.91 Å². The van der Waals surface area contributed by atoms with Gasteiger partial charge in [-0.3, -0.25) is 9.69 Å². The van der Waals surface area contributed by atoms with E-state index in [2.05, 4.69) is 52.5 Å². The van der Waals surface area contributed by atoms with Crippen LogP contribution in [0.15, 0.2) is 24.3 Å². The molecule has 2 fully saturated rings. The van der Waals surface area contributed by atoms with Gasteiger partial charge in [-0.2, -0.15) is 0 Å². The lowest BCUT2D eigenvalue weighted by Crippen LogP contribution is -2.40. The predicted octanol–water partition coefficient (Wildman–Crippen LogP) is 3.15. The quantitative estimate of drug-likeness (QED) is 0.776. The number of fused-ring (bicyclic) bond motifs is 1. The summed E-state index contributed by atoms with van der Waals surface area (Å²) in [6, 6.07) is 8.43. The maximum Gasteiger partial charge on any atom is 0.225 e. The van der Waals surface area contributed by atoms with Crippen molar-refractivity contribution in [3.8, 4) is 0 Å². The number of carbonyl (C=O) groups is 1. The number of hydrogen-bond donors (Lipinski definition) is 0. The molecule has 0 atom stereocenters.